The number of esters is 2. The summed E-state index contributed by atoms with van der Waals surface area (Å²) in [7, 11) is -0.479. The van der Waals surface area contributed by atoms with Gasteiger partial charge in [0, 0.05) is 11.1 Å². The third-order valence-corrected chi connectivity index (χ3v) is 16.6. The van der Waals surface area contributed by atoms with Crippen molar-refractivity contribution in [3.63, 3.8) is 0 Å². The van der Waals surface area contributed by atoms with Crippen LogP contribution >= 0.6 is 0 Å². The largest absolute Gasteiger partial charge is 0.457 e. The third-order valence-electron chi connectivity index (χ3n) is 14.1. The second-order valence-electron chi connectivity index (χ2n) is 18.1. The molecule has 0 unspecified atom stereocenters. The highest BCUT2D eigenvalue weighted by molar-refractivity contribution is 7.97. The average Bonchev–Trinajstić information content (AvgIpc) is 3.10. The summed E-state index contributed by atoms with van der Waals surface area (Å²) in [6, 6.07) is 22.8. The van der Waals surface area contributed by atoms with Gasteiger partial charge in [-0.15, -0.1) is 0 Å². The zero-order valence-electron chi connectivity index (χ0n) is 31.5. The van der Waals surface area contributed by atoms with Gasteiger partial charge in [0.1, 0.15) is 22.4 Å². The van der Waals surface area contributed by atoms with E-state index in [4.69, 9.17) is 18.9 Å². The van der Waals surface area contributed by atoms with Crippen LogP contribution in [-0.2, 0) is 30.0 Å². The Hall–Kier alpha value is -3.45. The minimum absolute atomic E-state index is 0.0848. The van der Waals surface area contributed by atoms with Crippen molar-refractivity contribution in [1.82, 2.24) is 0 Å². The minimum atomic E-state index is -0.479. The maximum atomic E-state index is 13.1. The molecular weight excluding hydrogens is 681 g/mol. The van der Waals surface area contributed by atoms with E-state index in [0.29, 0.717) is 12.8 Å². The minimum Gasteiger partial charge on any atom is -0.457 e. The summed E-state index contributed by atoms with van der Waals surface area (Å²) in [6.45, 7) is 4.00. The molecule has 0 radical (unpaired) electrons. The van der Waals surface area contributed by atoms with Gasteiger partial charge in [-0.25, -0.2) is 0 Å². The number of carbonyl (C=O) groups is 2. The number of benzene rings is 3. The fourth-order valence-electron chi connectivity index (χ4n) is 12.9. The molecule has 0 heterocycles. The summed E-state index contributed by atoms with van der Waals surface area (Å²) in [4.78, 5) is 29.7. The molecular formula is C46H55O6S+. The fourth-order valence-corrected chi connectivity index (χ4v) is 15.3. The van der Waals surface area contributed by atoms with Crippen LogP contribution in [0, 0.1) is 60.2 Å². The van der Waals surface area contributed by atoms with Crippen molar-refractivity contribution in [1.29, 1.82) is 0 Å². The summed E-state index contributed by atoms with van der Waals surface area (Å²) in [5.41, 5.74) is 2.33. The van der Waals surface area contributed by atoms with Gasteiger partial charge < -0.3 is 18.9 Å². The second kappa shape index (κ2) is 14.3. The molecule has 0 atom stereocenters. The van der Waals surface area contributed by atoms with E-state index in [1.54, 1.807) is 0 Å². The van der Waals surface area contributed by atoms with E-state index in [0.717, 1.165) is 67.9 Å². The zero-order chi connectivity index (χ0) is 36.2. The smallest absolute Gasteiger partial charge is 0.309 e. The van der Waals surface area contributed by atoms with Gasteiger partial charge in [-0.2, -0.15) is 0 Å². The Morgan fingerprint density at radius 1 is 0.547 bits per heavy atom. The predicted molar refractivity (Wildman–Crippen MR) is 205 cm³/mol. The van der Waals surface area contributed by atoms with Crippen LogP contribution in [0.2, 0.25) is 0 Å². The predicted octanol–water partition coefficient (Wildman–Crippen LogP) is 10.4. The number of rotatable bonds is 13. The number of hydrogen-bond acceptors (Lipinski definition) is 6. The molecule has 0 amide bonds. The van der Waals surface area contributed by atoms with Gasteiger partial charge in [0.15, 0.2) is 14.7 Å². The molecule has 3 aromatic rings. The first kappa shape index (κ1) is 35.3. The van der Waals surface area contributed by atoms with E-state index >= 15 is 0 Å². The molecule has 280 valence electrons. The zero-order valence-corrected chi connectivity index (χ0v) is 32.3. The van der Waals surface area contributed by atoms with Gasteiger partial charge in [-0.3, -0.25) is 9.59 Å². The van der Waals surface area contributed by atoms with Gasteiger partial charge in [0.2, 0.25) is 13.6 Å². The van der Waals surface area contributed by atoms with Crippen LogP contribution in [0.15, 0.2) is 81.4 Å². The Bertz CT molecular complexity index is 1650. The SMILES string of the molecule is Cc1c(OCOC(=O)CC23CC4CC(CC(C4)C2)C3)cccc1[S+](c1ccccc1)c1cccc(OCOC(=O)CC23CC4CC(CC(C4)C2)C3)c1C. The molecule has 0 spiro atoms. The summed E-state index contributed by atoms with van der Waals surface area (Å²) < 4.78 is 23.9. The summed E-state index contributed by atoms with van der Waals surface area (Å²) in [5.74, 6) is 6.03. The molecule has 8 aliphatic rings. The van der Waals surface area contributed by atoms with Gasteiger partial charge in [-0.05, 0) is 174 Å². The lowest BCUT2D eigenvalue weighted by atomic mass is 9.49. The molecule has 6 nitrogen and oxygen atoms in total. The molecule has 8 fully saturated rings. The van der Waals surface area contributed by atoms with E-state index in [2.05, 4.69) is 50.2 Å². The van der Waals surface area contributed by atoms with Gasteiger partial charge >= 0.3 is 11.9 Å². The van der Waals surface area contributed by atoms with Crippen molar-refractivity contribution in [2.45, 2.75) is 118 Å². The Kier molecular flexibility index (Phi) is 9.53. The molecule has 8 saturated carbocycles. The van der Waals surface area contributed by atoms with Crippen molar-refractivity contribution < 1.29 is 28.5 Å². The maximum absolute atomic E-state index is 13.1. The lowest BCUT2D eigenvalue weighted by molar-refractivity contribution is -0.159. The molecule has 0 aromatic heterocycles. The second-order valence-corrected chi connectivity index (χ2v) is 20.1. The first-order valence-corrected chi connectivity index (χ1v) is 21.5. The van der Waals surface area contributed by atoms with Crippen LogP contribution < -0.4 is 9.47 Å². The molecule has 11 rings (SSSR count). The quantitative estimate of drug-likeness (QED) is 0.0989. The standard InChI is InChI=1S/C46H55O6S/c1-30-39(49-28-51-43(47)26-45-20-32-14-33(21-45)16-34(15-32)22-45)10-6-12-41(30)53(38-8-4-3-5-9-38)42-13-7-11-40(31(42)2)50-29-52-44(48)27-46-23-35-17-36(24-46)19-37(18-35)25-46/h3-13,32-37H,14-29H2,1-2H3/q+1. The molecule has 53 heavy (non-hydrogen) atoms. The van der Waals surface area contributed by atoms with Crippen LogP contribution in [0.4, 0.5) is 0 Å². The topological polar surface area (TPSA) is 71.1 Å². The Morgan fingerprint density at radius 3 is 1.30 bits per heavy atom. The highest BCUT2D eigenvalue weighted by atomic mass is 32.2. The fraction of sp³-hybridized carbons (Fsp3) is 0.565. The average molecular weight is 736 g/mol. The normalized spacial score (nSPS) is 32.3. The van der Waals surface area contributed by atoms with E-state index in [1.807, 2.05) is 30.3 Å². The van der Waals surface area contributed by atoms with Crippen LogP contribution in [0.25, 0.3) is 0 Å². The van der Waals surface area contributed by atoms with Crippen molar-refractivity contribution in [3.8, 4) is 11.5 Å². The van der Waals surface area contributed by atoms with E-state index in [9.17, 15) is 9.59 Å². The van der Waals surface area contributed by atoms with Crippen LogP contribution in [0.3, 0.4) is 0 Å². The van der Waals surface area contributed by atoms with Gasteiger partial charge in [0.25, 0.3) is 0 Å². The molecule has 7 heteroatoms. The first-order chi connectivity index (χ1) is 25.7. The molecule has 8 bridgehead atoms. The third kappa shape index (κ3) is 7.24. The lowest BCUT2D eigenvalue weighted by Crippen LogP contribution is -2.47. The number of ether oxygens (including phenoxy) is 4. The Balaban J connectivity index is 0.863. The number of hydrogen-bond donors (Lipinski definition) is 0. The van der Waals surface area contributed by atoms with Gasteiger partial charge in [0.05, 0.1) is 12.8 Å². The Labute approximate surface area is 318 Å². The van der Waals surface area contributed by atoms with Crippen LogP contribution in [0.5, 0.6) is 11.5 Å². The highest BCUT2D eigenvalue weighted by Crippen LogP contribution is 2.62. The van der Waals surface area contributed by atoms with E-state index < -0.39 is 10.9 Å². The van der Waals surface area contributed by atoms with E-state index in [1.165, 1.54) is 81.9 Å². The van der Waals surface area contributed by atoms with Crippen LogP contribution in [0.1, 0.15) is 101 Å². The lowest BCUT2D eigenvalue weighted by Gasteiger charge is -2.56. The van der Waals surface area contributed by atoms with Crippen molar-refractivity contribution in [2.75, 3.05) is 13.6 Å². The highest BCUT2D eigenvalue weighted by Gasteiger charge is 2.53. The van der Waals surface area contributed by atoms with Crippen molar-refractivity contribution in [2.24, 2.45) is 46.3 Å². The summed E-state index contributed by atoms with van der Waals surface area (Å²) >= 11 is 0. The van der Waals surface area contributed by atoms with Crippen molar-refractivity contribution >= 4 is 22.8 Å². The van der Waals surface area contributed by atoms with Crippen molar-refractivity contribution in [3.05, 3.63) is 77.9 Å². The van der Waals surface area contributed by atoms with Gasteiger partial charge in [-0.1, -0.05) is 30.3 Å². The summed E-state index contributed by atoms with van der Waals surface area (Å²) in [5, 5.41) is 0. The molecule has 8 aliphatic carbocycles. The maximum Gasteiger partial charge on any atom is 0.309 e. The molecule has 3 aromatic carbocycles. The van der Waals surface area contributed by atoms with Crippen LogP contribution in [-0.4, -0.2) is 25.5 Å². The molecule has 0 saturated heterocycles. The number of carbonyl (C=O) groups excluding carboxylic acids is 2. The molecule has 0 N–H and O–H groups in total. The molecule has 0 aliphatic heterocycles. The van der Waals surface area contributed by atoms with E-state index in [-0.39, 0.29) is 36.4 Å². The monoisotopic (exact) mass is 735 g/mol. The first-order valence-electron chi connectivity index (χ1n) is 20.3. The Morgan fingerprint density at radius 2 is 0.925 bits per heavy atom. The summed E-state index contributed by atoms with van der Waals surface area (Å²) in [6.07, 6.45) is 16.4.